The SMILES string of the molecule is CCCCCCCCCCCCCCCCCC(=O)C(O)(CP(=O)(O)O)C(=O)CCCCCCCCCCCCCCCCC. The van der Waals surface area contributed by atoms with Gasteiger partial charge in [0.1, 0.15) is 0 Å². The Bertz CT molecular complexity index is 688. The van der Waals surface area contributed by atoms with Gasteiger partial charge in [-0.25, -0.2) is 0 Å². The first-order valence-electron chi connectivity index (χ1n) is 19.5. The summed E-state index contributed by atoms with van der Waals surface area (Å²) in [5.74, 6) is -1.46. The molecule has 0 spiro atoms. The normalized spacial score (nSPS) is 12.2. The van der Waals surface area contributed by atoms with Gasteiger partial charge < -0.3 is 14.9 Å². The van der Waals surface area contributed by atoms with E-state index in [0.29, 0.717) is 12.8 Å². The minimum absolute atomic E-state index is 0.0145. The lowest BCUT2D eigenvalue weighted by atomic mass is 9.88. The number of hydrogen-bond acceptors (Lipinski definition) is 4. The number of ketones is 2. The van der Waals surface area contributed by atoms with Crippen molar-refractivity contribution in [2.75, 3.05) is 6.16 Å². The van der Waals surface area contributed by atoms with Gasteiger partial charge in [-0.1, -0.05) is 194 Å². The summed E-state index contributed by atoms with van der Waals surface area (Å²) in [7, 11) is -4.74. The first kappa shape index (κ1) is 44.5. The van der Waals surface area contributed by atoms with E-state index in [2.05, 4.69) is 13.8 Å². The number of Topliss-reactive ketones (excluding diaryl/α,β-unsaturated/α-hetero) is 2. The third kappa shape index (κ3) is 28.2. The molecular formula is C38H75O6P. The second-order valence-corrected chi connectivity index (χ2v) is 15.6. The Labute approximate surface area is 278 Å². The zero-order chi connectivity index (χ0) is 33.5. The summed E-state index contributed by atoms with van der Waals surface area (Å²) in [6.45, 7) is 4.50. The molecule has 0 aromatic carbocycles. The Hall–Kier alpha value is -0.550. The van der Waals surface area contributed by atoms with E-state index in [1.165, 1.54) is 141 Å². The highest BCUT2D eigenvalue weighted by Crippen LogP contribution is 2.40. The van der Waals surface area contributed by atoms with Gasteiger partial charge in [0, 0.05) is 12.8 Å². The fourth-order valence-corrected chi connectivity index (χ4v) is 7.31. The average molecular weight is 659 g/mol. The van der Waals surface area contributed by atoms with Crippen molar-refractivity contribution in [1.82, 2.24) is 0 Å². The van der Waals surface area contributed by atoms with Gasteiger partial charge in [0.15, 0.2) is 17.2 Å². The lowest BCUT2D eigenvalue weighted by molar-refractivity contribution is -0.149. The highest BCUT2D eigenvalue weighted by molar-refractivity contribution is 7.52. The Morgan fingerprint density at radius 2 is 0.622 bits per heavy atom. The molecule has 0 aromatic heterocycles. The zero-order valence-corrected chi connectivity index (χ0v) is 30.7. The van der Waals surface area contributed by atoms with Crippen LogP contribution in [0.2, 0.25) is 0 Å². The molecule has 0 heterocycles. The summed E-state index contributed by atoms with van der Waals surface area (Å²) in [6.07, 6.45) is 34.8. The van der Waals surface area contributed by atoms with Crippen molar-refractivity contribution in [2.45, 2.75) is 225 Å². The van der Waals surface area contributed by atoms with E-state index < -0.39 is 30.9 Å². The van der Waals surface area contributed by atoms with E-state index in [1.807, 2.05) is 0 Å². The summed E-state index contributed by atoms with van der Waals surface area (Å²) in [5.41, 5.74) is -2.56. The summed E-state index contributed by atoms with van der Waals surface area (Å²) in [5, 5.41) is 10.9. The van der Waals surface area contributed by atoms with Crippen LogP contribution in [0.4, 0.5) is 0 Å². The van der Waals surface area contributed by atoms with E-state index in [4.69, 9.17) is 0 Å². The second kappa shape index (κ2) is 30.8. The fraction of sp³-hybridized carbons (Fsp3) is 0.947. The molecule has 0 atom stereocenters. The lowest BCUT2D eigenvalue weighted by Gasteiger charge is -2.25. The Balaban J connectivity index is 4.02. The maximum atomic E-state index is 12.9. The van der Waals surface area contributed by atoms with Gasteiger partial charge in [-0.2, -0.15) is 0 Å². The summed E-state index contributed by atoms with van der Waals surface area (Å²) in [6, 6.07) is 0. The predicted molar refractivity (Wildman–Crippen MR) is 191 cm³/mol. The number of carbonyl (C=O) groups is 2. The Morgan fingerprint density at radius 1 is 0.422 bits per heavy atom. The molecule has 3 N–H and O–H groups in total. The van der Waals surface area contributed by atoms with Crippen molar-refractivity contribution in [2.24, 2.45) is 0 Å². The van der Waals surface area contributed by atoms with Gasteiger partial charge in [-0.3, -0.25) is 14.2 Å². The van der Waals surface area contributed by atoms with E-state index in [0.717, 1.165) is 38.5 Å². The molecule has 0 saturated carbocycles. The second-order valence-electron chi connectivity index (χ2n) is 13.9. The molecule has 0 saturated heterocycles. The van der Waals surface area contributed by atoms with E-state index in [1.54, 1.807) is 0 Å². The van der Waals surface area contributed by atoms with Gasteiger partial charge in [-0.15, -0.1) is 0 Å². The molecule has 0 aromatic rings. The van der Waals surface area contributed by atoms with Crippen LogP contribution in [0.15, 0.2) is 0 Å². The van der Waals surface area contributed by atoms with E-state index in [-0.39, 0.29) is 12.8 Å². The highest BCUT2D eigenvalue weighted by atomic mass is 31.2. The Kier molecular flexibility index (Phi) is 30.4. The van der Waals surface area contributed by atoms with Gasteiger partial charge in [0.2, 0.25) is 0 Å². The van der Waals surface area contributed by atoms with Crippen LogP contribution in [0.1, 0.15) is 219 Å². The monoisotopic (exact) mass is 659 g/mol. The maximum absolute atomic E-state index is 12.9. The topological polar surface area (TPSA) is 112 Å². The fourth-order valence-electron chi connectivity index (χ4n) is 6.36. The number of rotatable bonds is 36. The third-order valence-corrected chi connectivity index (χ3v) is 10.2. The largest absolute Gasteiger partial charge is 0.374 e. The molecule has 7 heteroatoms. The Morgan fingerprint density at radius 3 is 0.822 bits per heavy atom. The molecule has 45 heavy (non-hydrogen) atoms. The number of carbonyl (C=O) groups excluding carboxylic acids is 2. The minimum atomic E-state index is -4.74. The molecule has 0 aliphatic carbocycles. The summed E-state index contributed by atoms with van der Waals surface area (Å²) in [4.78, 5) is 44.7. The van der Waals surface area contributed by atoms with E-state index in [9.17, 15) is 29.0 Å². The number of aliphatic hydroxyl groups is 1. The average Bonchev–Trinajstić information content (AvgIpc) is 2.99. The van der Waals surface area contributed by atoms with Crippen LogP contribution >= 0.6 is 7.60 Å². The molecule has 0 rings (SSSR count). The van der Waals surface area contributed by atoms with Crippen molar-refractivity contribution >= 4 is 19.2 Å². The molecule has 0 aliphatic heterocycles. The molecule has 0 unspecified atom stereocenters. The molecule has 0 radical (unpaired) electrons. The summed E-state index contributed by atoms with van der Waals surface area (Å²) < 4.78 is 11.7. The molecular weight excluding hydrogens is 583 g/mol. The first-order valence-corrected chi connectivity index (χ1v) is 21.3. The number of hydrogen-bond donors (Lipinski definition) is 3. The van der Waals surface area contributed by atoms with Crippen molar-refractivity contribution in [3.63, 3.8) is 0 Å². The van der Waals surface area contributed by atoms with Gasteiger partial charge in [0.05, 0.1) is 6.16 Å². The molecule has 0 amide bonds. The lowest BCUT2D eigenvalue weighted by Crippen LogP contribution is -2.49. The predicted octanol–water partition coefficient (Wildman–Crippen LogP) is 11.6. The minimum Gasteiger partial charge on any atom is -0.374 e. The van der Waals surface area contributed by atoms with Crippen LogP contribution in [-0.2, 0) is 14.2 Å². The van der Waals surface area contributed by atoms with Crippen LogP contribution in [-0.4, -0.2) is 38.2 Å². The van der Waals surface area contributed by atoms with Crippen LogP contribution in [0, 0.1) is 0 Å². The maximum Gasteiger partial charge on any atom is 0.329 e. The molecule has 268 valence electrons. The van der Waals surface area contributed by atoms with Gasteiger partial charge in [-0.05, 0) is 12.8 Å². The third-order valence-electron chi connectivity index (χ3n) is 9.37. The highest BCUT2D eigenvalue weighted by Gasteiger charge is 2.46. The van der Waals surface area contributed by atoms with Crippen LogP contribution < -0.4 is 0 Å². The zero-order valence-electron chi connectivity index (χ0n) is 29.8. The van der Waals surface area contributed by atoms with Crippen LogP contribution in [0.5, 0.6) is 0 Å². The quantitative estimate of drug-likeness (QED) is 0.0351. The van der Waals surface area contributed by atoms with Gasteiger partial charge in [0.25, 0.3) is 0 Å². The van der Waals surface area contributed by atoms with Crippen molar-refractivity contribution in [1.29, 1.82) is 0 Å². The standard InChI is InChI=1S/C38H75O6P/c1-3-5-7-9-11-13-15-17-19-21-23-25-27-29-31-33-36(39)38(41,35-45(42,43)44)37(40)34-32-30-28-26-24-22-20-18-16-14-12-10-8-6-4-2/h41H,3-35H2,1-2H3,(H2,42,43,44). The van der Waals surface area contributed by atoms with Crippen molar-refractivity contribution in [3.05, 3.63) is 0 Å². The molecule has 0 fully saturated rings. The summed E-state index contributed by atoms with van der Waals surface area (Å²) >= 11 is 0. The van der Waals surface area contributed by atoms with Crippen LogP contribution in [0.25, 0.3) is 0 Å². The van der Waals surface area contributed by atoms with Crippen molar-refractivity contribution < 1.29 is 29.0 Å². The van der Waals surface area contributed by atoms with Gasteiger partial charge >= 0.3 is 7.60 Å². The number of unbranched alkanes of at least 4 members (excludes halogenated alkanes) is 28. The molecule has 0 bridgehead atoms. The first-order chi connectivity index (χ1) is 21.7. The molecule has 6 nitrogen and oxygen atoms in total. The molecule has 0 aliphatic rings. The smallest absolute Gasteiger partial charge is 0.329 e. The van der Waals surface area contributed by atoms with E-state index >= 15 is 0 Å². The van der Waals surface area contributed by atoms with Crippen molar-refractivity contribution in [3.8, 4) is 0 Å². The van der Waals surface area contributed by atoms with Crippen LogP contribution in [0.3, 0.4) is 0 Å².